The Kier molecular flexibility index (Phi) is 3.80. The third-order valence-corrected chi connectivity index (χ3v) is 7.12. The van der Waals surface area contributed by atoms with E-state index in [1.807, 2.05) is 0 Å². The normalized spacial score (nSPS) is 45.8. The van der Waals surface area contributed by atoms with Crippen molar-refractivity contribution in [1.29, 1.82) is 0 Å². The van der Waals surface area contributed by atoms with Crippen LogP contribution in [0.5, 0.6) is 0 Å². The van der Waals surface area contributed by atoms with Gasteiger partial charge in [-0.1, -0.05) is 12.8 Å². The molecule has 4 rings (SSSR count). The van der Waals surface area contributed by atoms with Crippen LogP contribution in [0, 0.1) is 23.7 Å². The van der Waals surface area contributed by atoms with Crippen LogP contribution in [-0.2, 0) is 0 Å². The Labute approximate surface area is 124 Å². The van der Waals surface area contributed by atoms with Crippen LogP contribution in [0.1, 0.15) is 58.3 Å². The van der Waals surface area contributed by atoms with E-state index in [1.54, 1.807) is 19.3 Å². The highest BCUT2D eigenvalue weighted by Gasteiger charge is 2.53. The van der Waals surface area contributed by atoms with Gasteiger partial charge in [0.2, 0.25) is 0 Å². The molecule has 0 spiro atoms. The van der Waals surface area contributed by atoms with Crippen molar-refractivity contribution in [3.63, 3.8) is 0 Å². The highest BCUT2D eigenvalue weighted by Crippen LogP contribution is 2.58. The lowest BCUT2D eigenvalue weighted by Crippen LogP contribution is -2.47. The van der Waals surface area contributed by atoms with Gasteiger partial charge in [0, 0.05) is 18.6 Å². The lowest BCUT2D eigenvalue weighted by Gasteiger charge is -2.36. The number of nitrogens with one attached hydrogen (secondary N) is 1. The predicted molar refractivity (Wildman–Crippen MR) is 83.7 cm³/mol. The summed E-state index contributed by atoms with van der Waals surface area (Å²) in [4.78, 5) is 2.71. The number of nitrogens with zero attached hydrogens (tertiary/aromatic N) is 1. The van der Waals surface area contributed by atoms with E-state index < -0.39 is 0 Å². The van der Waals surface area contributed by atoms with Crippen LogP contribution in [0.3, 0.4) is 0 Å². The van der Waals surface area contributed by atoms with Gasteiger partial charge >= 0.3 is 0 Å². The van der Waals surface area contributed by atoms with Gasteiger partial charge in [-0.3, -0.25) is 4.90 Å². The Morgan fingerprint density at radius 3 is 2.60 bits per heavy atom. The molecule has 4 aliphatic rings. The summed E-state index contributed by atoms with van der Waals surface area (Å²) in [5.41, 5.74) is 0. The second-order valence-corrected chi connectivity index (χ2v) is 8.11. The third-order valence-electron chi connectivity index (χ3n) is 7.12. The fraction of sp³-hybridized carbons (Fsp3) is 1.00. The van der Waals surface area contributed by atoms with Crippen LogP contribution in [0.15, 0.2) is 0 Å². The van der Waals surface area contributed by atoms with Crippen LogP contribution in [0.4, 0.5) is 0 Å². The van der Waals surface area contributed by atoms with E-state index in [0.717, 1.165) is 35.8 Å². The molecule has 0 radical (unpaired) electrons. The Hall–Kier alpha value is -0.0800. The number of hydrogen-bond acceptors (Lipinski definition) is 2. The molecular formula is C18H32N2. The zero-order valence-electron chi connectivity index (χ0n) is 13.2. The molecule has 1 aliphatic heterocycles. The SMILES string of the molecule is CC(CNC1CC2CC1C1CCCC21)N1CCCCC1. The minimum absolute atomic E-state index is 0.744. The summed E-state index contributed by atoms with van der Waals surface area (Å²) < 4.78 is 0. The van der Waals surface area contributed by atoms with Crippen molar-refractivity contribution in [1.82, 2.24) is 10.2 Å². The van der Waals surface area contributed by atoms with Crippen molar-refractivity contribution in [3.8, 4) is 0 Å². The molecule has 3 saturated carbocycles. The standard InChI is InChI=1S/C18H32N2/c1-13(20-8-3-2-4-9-20)12-19-18-11-14-10-17(18)16-7-5-6-15(14)16/h13-19H,2-12H2,1H3. The minimum Gasteiger partial charge on any atom is -0.312 e. The summed E-state index contributed by atoms with van der Waals surface area (Å²) in [6.07, 6.45) is 12.0. The largest absolute Gasteiger partial charge is 0.312 e. The van der Waals surface area contributed by atoms with Crippen molar-refractivity contribution < 1.29 is 0 Å². The second-order valence-electron chi connectivity index (χ2n) is 8.11. The first-order chi connectivity index (χ1) is 9.83. The minimum atomic E-state index is 0.744. The van der Waals surface area contributed by atoms with Crippen LogP contribution in [-0.4, -0.2) is 36.6 Å². The van der Waals surface area contributed by atoms with Gasteiger partial charge < -0.3 is 5.32 Å². The Balaban J connectivity index is 1.28. The number of rotatable bonds is 4. The van der Waals surface area contributed by atoms with E-state index in [9.17, 15) is 0 Å². The molecule has 3 aliphatic carbocycles. The van der Waals surface area contributed by atoms with Gasteiger partial charge in [-0.25, -0.2) is 0 Å². The number of piperidine rings is 1. The molecule has 114 valence electrons. The average molecular weight is 276 g/mol. The topological polar surface area (TPSA) is 15.3 Å². The Morgan fingerprint density at radius 2 is 1.75 bits per heavy atom. The zero-order valence-corrected chi connectivity index (χ0v) is 13.2. The first-order valence-electron chi connectivity index (χ1n) is 9.30. The molecule has 1 saturated heterocycles. The zero-order chi connectivity index (χ0) is 13.5. The van der Waals surface area contributed by atoms with Gasteiger partial charge in [0.05, 0.1) is 0 Å². The van der Waals surface area contributed by atoms with Crippen LogP contribution in [0.25, 0.3) is 0 Å². The van der Waals surface area contributed by atoms with Gasteiger partial charge in [0.15, 0.2) is 0 Å². The van der Waals surface area contributed by atoms with E-state index >= 15 is 0 Å². The van der Waals surface area contributed by atoms with Crippen LogP contribution >= 0.6 is 0 Å². The van der Waals surface area contributed by atoms with Crippen molar-refractivity contribution >= 4 is 0 Å². The van der Waals surface area contributed by atoms with E-state index in [4.69, 9.17) is 0 Å². The molecule has 2 bridgehead atoms. The first-order valence-corrected chi connectivity index (χ1v) is 9.30. The molecule has 0 aromatic carbocycles. The van der Waals surface area contributed by atoms with Gasteiger partial charge in [0.1, 0.15) is 0 Å². The van der Waals surface area contributed by atoms with E-state index in [2.05, 4.69) is 17.1 Å². The first kappa shape index (κ1) is 13.6. The van der Waals surface area contributed by atoms with Gasteiger partial charge in [0.25, 0.3) is 0 Å². The maximum Gasteiger partial charge on any atom is 0.0192 e. The van der Waals surface area contributed by atoms with Crippen LogP contribution < -0.4 is 5.32 Å². The van der Waals surface area contributed by atoms with E-state index in [0.29, 0.717) is 0 Å². The smallest absolute Gasteiger partial charge is 0.0192 e. The number of fused-ring (bicyclic) bond motifs is 5. The Bertz CT molecular complexity index is 336. The maximum atomic E-state index is 3.98. The van der Waals surface area contributed by atoms with Gasteiger partial charge in [-0.2, -0.15) is 0 Å². The van der Waals surface area contributed by atoms with Crippen molar-refractivity contribution in [2.75, 3.05) is 19.6 Å². The predicted octanol–water partition coefficient (Wildman–Crippen LogP) is 3.28. The molecule has 2 nitrogen and oxygen atoms in total. The summed E-state index contributed by atoms with van der Waals surface area (Å²) in [5.74, 6) is 4.38. The molecule has 20 heavy (non-hydrogen) atoms. The monoisotopic (exact) mass is 276 g/mol. The fourth-order valence-corrected chi connectivity index (χ4v) is 6.11. The molecule has 0 aromatic rings. The molecule has 2 heteroatoms. The quantitative estimate of drug-likeness (QED) is 0.848. The van der Waals surface area contributed by atoms with E-state index in [-0.39, 0.29) is 0 Å². The molecule has 6 atom stereocenters. The second kappa shape index (κ2) is 5.61. The van der Waals surface area contributed by atoms with Crippen molar-refractivity contribution in [2.24, 2.45) is 23.7 Å². The molecule has 4 fully saturated rings. The third kappa shape index (κ3) is 2.33. The van der Waals surface area contributed by atoms with Crippen LogP contribution in [0.2, 0.25) is 0 Å². The lowest BCUT2D eigenvalue weighted by molar-refractivity contribution is 0.153. The number of likely N-dealkylation sites (tertiary alicyclic amines) is 1. The molecule has 0 aromatic heterocycles. The molecule has 0 amide bonds. The van der Waals surface area contributed by atoms with Gasteiger partial charge in [-0.05, 0) is 82.2 Å². The highest BCUT2D eigenvalue weighted by molar-refractivity contribution is 5.05. The summed E-state index contributed by atoms with van der Waals surface area (Å²) in [6, 6.07) is 1.61. The molecule has 1 heterocycles. The summed E-state index contributed by atoms with van der Waals surface area (Å²) in [6.45, 7) is 6.34. The highest BCUT2D eigenvalue weighted by atomic mass is 15.2. The summed E-state index contributed by atoms with van der Waals surface area (Å²) >= 11 is 0. The molecule has 1 N–H and O–H groups in total. The lowest BCUT2D eigenvalue weighted by atomic mass is 9.79. The maximum absolute atomic E-state index is 3.98. The fourth-order valence-electron chi connectivity index (χ4n) is 6.11. The molecular weight excluding hydrogens is 244 g/mol. The average Bonchev–Trinajstić information content (AvgIpc) is 3.17. The Morgan fingerprint density at radius 1 is 0.950 bits per heavy atom. The van der Waals surface area contributed by atoms with Crippen molar-refractivity contribution in [3.05, 3.63) is 0 Å². The van der Waals surface area contributed by atoms with E-state index in [1.165, 1.54) is 51.7 Å². The van der Waals surface area contributed by atoms with Gasteiger partial charge in [-0.15, -0.1) is 0 Å². The molecule has 6 unspecified atom stereocenters. The number of hydrogen-bond donors (Lipinski definition) is 1. The van der Waals surface area contributed by atoms with Crippen molar-refractivity contribution in [2.45, 2.75) is 70.4 Å². The summed E-state index contributed by atoms with van der Waals surface area (Å²) in [5, 5.41) is 3.98. The summed E-state index contributed by atoms with van der Waals surface area (Å²) in [7, 11) is 0.